The second kappa shape index (κ2) is 6.35. The van der Waals surface area contributed by atoms with Gasteiger partial charge >= 0.3 is 5.97 Å². The number of carboxylic acid groups (broad SMARTS) is 1. The molecule has 2 heterocycles. The van der Waals surface area contributed by atoms with E-state index < -0.39 is 5.97 Å². The number of rotatable bonds is 5. The van der Waals surface area contributed by atoms with Crippen molar-refractivity contribution < 1.29 is 14.6 Å². The van der Waals surface area contributed by atoms with Gasteiger partial charge in [-0.2, -0.15) is 0 Å². The van der Waals surface area contributed by atoms with Crippen LogP contribution in [0.5, 0.6) is 5.88 Å². The number of carbonyl (C=O) groups is 1. The van der Waals surface area contributed by atoms with Crippen molar-refractivity contribution in [1.82, 2.24) is 9.55 Å². The maximum absolute atomic E-state index is 11.1. The first-order chi connectivity index (χ1) is 11.5. The zero-order valence-electron chi connectivity index (χ0n) is 14.0. The lowest BCUT2D eigenvalue weighted by Crippen LogP contribution is -2.05. The highest BCUT2D eigenvalue weighted by atomic mass is 16.5. The van der Waals surface area contributed by atoms with Crippen LogP contribution in [-0.2, 0) is 7.05 Å². The first-order valence-corrected chi connectivity index (χ1v) is 7.87. The number of nitrogens with zero attached hydrogens (tertiary/aromatic N) is 2. The number of ether oxygens (including phenoxy) is 1. The molecule has 0 unspecified atom stereocenters. The van der Waals surface area contributed by atoms with E-state index in [1.54, 1.807) is 18.3 Å². The van der Waals surface area contributed by atoms with E-state index >= 15 is 0 Å². The van der Waals surface area contributed by atoms with Gasteiger partial charge in [-0.05, 0) is 24.1 Å². The summed E-state index contributed by atoms with van der Waals surface area (Å²) in [6.45, 7) is 4.82. The Morgan fingerprint density at radius 3 is 2.71 bits per heavy atom. The van der Waals surface area contributed by atoms with E-state index in [0.717, 1.165) is 22.0 Å². The lowest BCUT2D eigenvalue weighted by atomic mass is 10.1. The number of benzene rings is 1. The fraction of sp³-hybridized carbons (Fsp3) is 0.263. The van der Waals surface area contributed by atoms with Crippen LogP contribution >= 0.6 is 0 Å². The molecule has 1 N–H and O–H groups in total. The van der Waals surface area contributed by atoms with Crippen LogP contribution in [0.15, 0.2) is 42.7 Å². The molecular formula is C19H20N2O3. The largest absolute Gasteiger partial charge is 0.478 e. The lowest BCUT2D eigenvalue weighted by molar-refractivity contribution is 0.0697. The zero-order chi connectivity index (χ0) is 17.3. The van der Waals surface area contributed by atoms with E-state index in [4.69, 9.17) is 9.84 Å². The van der Waals surface area contributed by atoms with E-state index in [1.807, 2.05) is 36.0 Å². The maximum atomic E-state index is 11.1. The minimum Gasteiger partial charge on any atom is -0.478 e. The van der Waals surface area contributed by atoms with E-state index in [2.05, 4.69) is 18.8 Å². The number of pyridine rings is 1. The molecule has 124 valence electrons. The average Bonchev–Trinajstić information content (AvgIpc) is 2.90. The maximum Gasteiger partial charge on any atom is 0.335 e. The van der Waals surface area contributed by atoms with Crippen LogP contribution in [0.4, 0.5) is 0 Å². The summed E-state index contributed by atoms with van der Waals surface area (Å²) >= 11 is 0. The Kier molecular flexibility index (Phi) is 4.25. The summed E-state index contributed by atoms with van der Waals surface area (Å²) < 4.78 is 7.54. The van der Waals surface area contributed by atoms with Crippen LogP contribution in [0.25, 0.3) is 22.0 Å². The van der Waals surface area contributed by atoms with Gasteiger partial charge in [0.15, 0.2) is 0 Å². The summed E-state index contributed by atoms with van der Waals surface area (Å²) in [4.78, 5) is 15.5. The predicted molar refractivity (Wildman–Crippen MR) is 93.4 cm³/mol. The Labute approximate surface area is 140 Å². The highest BCUT2D eigenvalue weighted by Crippen LogP contribution is 2.31. The van der Waals surface area contributed by atoms with Crippen molar-refractivity contribution in [3.8, 4) is 17.0 Å². The van der Waals surface area contributed by atoms with Crippen molar-refractivity contribution in [2.75, 3.05) is 6.61 Å². The number of aromatic nitrogens is 2. The zero-order valence-corrected chi connectivity index (χ0v) is 14.0. The SMILES string of the molecule is CC(C)COc1ccc(-c2cn(C)c3cc(C(=O)O)ccc23)cn1. The molecule has 5 heteroatoms. The molecule has 0 bridgehead atoms. The third kappa shape index (κ3) is 3.11. The van der Waals surface area contributed by atoms with Crippen LogP contribution < -0.4 is 4.74 Å². The van der Waals surface area contributed by atoms with Crippen molar-refractivity contribution >= 4 is 16.9 Å². The van der Waals surface area contributed by atoms with Gasteiger partial charge in [0.2, 0.25) is 5.88 Å². The number of hydrogen-bond acceptors (Lipinski definition) is 3. The van der Waals surface area contributed by atoms with Crippen LogP contribution in [-0.4, -0.2) is 27.2 Å². The van der Waals surface area contributed by atoms with Gasteiger partial charge in [0, 0.05) is 47.5 Å². The summed E-state index contributed by atoms with van der Waals surface area (Å²) in [5.41, 5.74) is 3.16. The molecule has 0 radical (unpaired) electrons. The molecule has 0 spiro atoms. The predicted octanol–water partition coefficient (Wildman–Crippen LogP) is 3.97. The molecular weight excluding hydrogens is 304 g/mol. The Hall–Kier alpha value is -2.82. The molecule has 0 aliphatic heterocycles. The van der Waals surface area contributed by atoms with Gasteiger partial charge < -0.3 is 14.4 Å². The van der Waals surface area contributed by atoms with Gasteiger partial charge in [0.25, 0.3) is 0 Å². The molecule has 0 aliphatic rings. The number of aromatic carboxylic acids is 1. The summed E-state index contributed by atoms with van der Waals surface area (Å²) in [6, 6.07) is 9.00. The van der Waals surface area contributed by atoms with Crippen molar-refractivity contribution in [3.05, 3.63) is 48.3 Å². The Morgan fingerprint density at radius 2 is 2.08 bits per heavy atom. The lowest BCUT2D eigenvalue weighted by Gasteiger charge is -2.08. The molecule has 1 aromatic carbocycles. The minimum atomic E-state index is -0.923. The van der Waals surface area contributed by atoms with Crippen LogP contribution in [0.3, 0.4) is 0 Å². The van der Waals surface area contributed by atoms with Crippen molar-refractivity contribution in [1.29, 1.82) is 0 Å². The average molecular weight is 324 g/mol. The number of aryl methyl sites for hydroxylation is 1. The van der Waals surface area contributed by atoms with Crippen LogP contribution in [0.2, 0.25) is 0 Å². The molecule has 0 fully saturated rings. The van der Waals surface area contributed by atoms with E-state index in [9.17, 15) is 4.79 Å². The second-order valence-corrected chi connectivity index (χ2v) is 6.28. The summed E-state index contributed by atoms with van der Waals surface area (Å²) in [5, 5.41) is 10.1. The molecule has 0 aliphatic carbocycles. The Morgan fingerprint density at radius 1 is 1.29 bits per heavy atom. The topological polar surface area (TPSA) is 64.3 Å². The molecule has 0 amide bonds. The molecule has 0 saturated carbocycles. The van der Waals surface area contributed by atoms with Gasteiger partial charge in [-0.25, -0.2) is 9.78 Å². The molecule has 3 rings (SSSR count). The van der Waals surface area contributed by atoms with Crippen LogP contribution in [0, 0.1) is 5.92 Å². The Bertz CT molecular complexity index is 880. The number of hydrogen-bond donors (Lipinski definition) is 1. The normalized spacial score (nSPS) is 11.2. The Balaban J connectivity index is 1.96. The van der Waals surface area contributed by atoms with Gasteiger partial charge in [-0.1, -0.05) is 19.9 Å². The number of carboxylic acids is 1. The number of fused-ring (bicyclic) bond motifs is 1. The molecule has 5 nitrogen and oxygen atoms in total. The second-order valence-electron chi connectivity index (χ2n) is 6.28. The molecule has 2 aromatic heterocycles. The molecule has 0 saturated heterocycles. The highest BCUT2D eigenvalue weighted by Gasteiger charge is 2.12. The third-order valence-corrected chi connectivity index (χ3v) is 3.85. The van der Waals surface area contributed by atoms with Gasteiger partial charge in [0.1, 0.15) is 0 Å². The summed E-state index contributed by atoms with van der Waals surface area (Å²) in [6.07, 6.45) is 3.78. The van der Waals surface area contributed by atoms with Crippen molar-refractivity contribution in [2.24, 2.45) is 13.0 Å². The molecule has 3 aromatic rings. The minimum absolute atomic E-state index is 0.283. The van der Waals surface area contributed by atoms with Gasteiger partial charge in [0.05, 0.1) is 12.2 Å². The first-order valence-electron chi connectivity index (χ1n) is 7.87. The standard InChI is InChI=1S/C19H20N2O3/c1-12(2)11-24-18-7-5-14(9-20-18)16-10-21(3)17-8-13(19(22)23)4-6-15(16)17/h4-10,12H,11H2,1-3H3,(H,22,23). The van der Waals surface area contributed by atoms with Crippen LogP contribution in [0.1, 0.15) is 24.2 Å². The van der Waals surface area contributed by atoms with E-state index in [1.165, 1.54) is 0 Å². The summed E-state index contributed by atoms with van der Waals surface area (Å²) in [5.74, 6) is 0.141. The van der Waals surface area contributed by atoms with Crippen molar-refractivity contribution in [2.45, 2.75) is 13.8 Å². The summed E-state index contributed by atoms with van der Waals surface area (Å²) in [7, 11) is 1.91. The van der Waals surface area contributed by atoms with E-state index in [0.29, 0.717) is 18.4 Å². The molecule has 0 atom stereocenters. The molecule has 24 heavy (non-hydrogen) atoms. The quantitative estimate of drug-likeness (QED) is 0.771. The monoisotopic (exact) mass is 324 g/mol. The highest BCUT2D eigenvalue weighted by molar-refractivity contribution is 6.00. The van der Waals surface area contributed by atoms with Crippen molar-refractivity contribution in [3.63, 3.8) is 0 Å². The van der Waals surface area contributed by atoms with E-state index in [-0.39, 0.29) is 5.56 Å². The fourth-order valence-electron chi connectivity index (χ4n) is 2.62. The first kappa shape index (κ1) is 16.1. The fourth-order valence-corrected chi connectivity index (χ4v) is 2.62. The third-order valence-electron chi connectivity index (χ3n) is 3.85. The van der Waals surface area contributed by atoms with Gasteiger partial charge in [-0.15, -0.1) is 0 Å². The smallest absolute Gasteiger partial charge is 0.335 e. The van der Waals surface area contributed by atoms with Gasteiger partial charge in [-0.3, -0.25) is 0 Å².